The molecule has 2 aromatic heterocycles. The number of allylic oxidation sites excluding steroid dienone is 2. The van der Waals surface area contributed by atoms with E-state index in [1.807, 2.05) is 24.3 Å². The summed E-state index contributed by atoms with van der Waals surface area (Å²) in [6, 6.07) is 7.56. The summed E-state index contributed by atoms with van der Waals surface area (Å²) >= 11 is 1.37. The Morgan fingerprint density at radius 3 is 2.82 bits per heavy atom. The summed E-state index contributed by atoms with van der Waals surface area (Å²) in [7, 11) is 1.28. The average molecular weight is 477 g/mol. The maximum Gasteiger partial charge on any atom is 0.342 e. The van der Waals surface area contributed by atoms with Crippen molar-refractivity contribution in [3.8, 4) is 10.6 Å². The zero-order chi connectivity index (χ0) is 24.0. The molecule has 2 aliphatic heterocycles. The van der Waals surface area contributed by atoms with Gasteiger partial charge in [0.05, 0.1) is 29.3 Å². The van der Waals surface area contributed by atoms with Crippen molar-refractivity contribution >= 4 is 51.1 Å². The predicted octanol–water partition coefficient (Wildman–Crippen LogP) is 4.06. The highest BCUT2D eigenvalue weighted by atomic mass is 32.1. The van der Waals surface area contributed by atoms with Crippen LogP contribution in [0.2, 0.25) is 0 Å². The van der Waals surface area contributed by atoms with Crippen molar-refractivity contribution in [3.05, 3.63) is 60.0 Å². The van der Waals surface area contributed by atoms with Gasteiger partial charge in [0.15, 0.2) is 0 Å². The first-order chi connectivity index (χ1) is 16.3. The van der Waals surface area contributed by atoms with Gasteiger partial charge in [-0.15, -0.1) is 11.3 Å². The second-order valence-corrected chi connectivity index (χ2v) is 9.09. The number of methoxy groups -OCH3 is 1. The standard InChI is InChI=1S/C24H20N4O5S/c1-13-18(22(30)32-3)19(21-25-14-8-4-5-9-15(14)34-21)20(33-13)27-23(31)24(2)12-17(29)26-16-10-6-7-11-28(16)24/h4-11H,12H2,1-3H3,(H,27,31). The lowest BCUT2D eigenvalue weighted by Crippen LogP contribution is -2.58. The highest BCUT2D eigenvalue weighted by Crippen LogP contribution is 2.41. The van der Waals surface area contributed by atoms with Crippen LogP contribution in [0.1, 0.15) is 29.5 Å². The number of hydrogen-bond donors (Lipinski definition) is 1. The molecule has 10 heteroatoms. The molecule has 0 saturated carbocycles. The van der Waals surface area contributed by atoms with Gasteiger partial charge in [-0.1, -0.05) is 18.2 Å². The van der Waals surface area contributed by atoms with E-state index < -0.39 is 23.3 Å². The van der Waals surface area contributed by atoms with Crippen molar-refractivity contribution in [2.45, 2.75) is 25.8 Å². The second-order valence-electron chi connectivity index (χ2n) is 8.05. The van der Waals surface area contributed by atoms with E-state index in [-0.39, 0.29) is 23.6 Å². The lowest BCUT2D eigenvalue weighted by molar-refractivity contribution is -0.130. The molecular weight excluding hydrogens is 456 g/mol. The van der Waals surface area contributed by atoms with Crippen molar-refractivity contribution in [2.75, 3.05) is 12.4 Å². The van der Waals surface area contributed by atoms with Gasteiger partial charge >= 0.3 is 5.97 Å². The zero-order valence-electron chi connectivity index (χ0n) is 18.6. The molecule has 0 aliphatic carbocycles. The number of amides is 2. The normalized spacial score (nSPS) is 19.2. The van der Waals surface area contributed by atoms with E-state index in [2.05, 4.69) is 15.3 Å². The second kappa shape index (κ2) is 8.07. The number of esters is 1. The number of thiazole rings is 1. The number of furan rings is 1. The molecule has 2 amide bonds. The Balaban J connectivity index is 1.59. The monoisotopic (exact) mass is 476 g/mol. The fourth-order valence-electron chi connectivity index (χ4n) is 4.08. The van der Waals surface area contributed by atoms with Crippen LogP contribution in [-0.2, 0) is 14.3 Å². The van der Waals surface area contributed by atoms with Crippen molar-refractivity contribution in [1.82, 2.24) is 9.88 Å². The van der Waals surface area contributed by atoms with Crippen LogP contribution in [0.5, 0.6) is 0 Å². The zero-order valence-corrected chi connectivity index (χ0v) is 19.4. The number of carbonyl (C=O) groups is 3. The van der Waals surface area contributed by atoms with E-state index in [4.69, 9.17) is 9.15 Å². The van der Waals surface area contributed by atoms with Gasteiger partial charge in [-0.25, -0.2) is 9.78 Å². The number of ether oxygens (including phenoxy) is 1. The van der Waals surface area contributed by atoms with Gasteiger partial charge in [0.2, 0.25) is 5.88 Å². The molecule has 0 saturated heterocycles. The van der Waals surface area contributed by atoms with E-state index in [0.29, 0.717) is 16.4 Å². The number of nitrogens with zero attached hydrogens (tertiary/aromatic N) is 3. The molecule has 1 N–H and O–H groups in total. The fourth-order valence-corrected chi connectivity index (χ4v) is 5.09. The van der Waals surface area contributed by atoms with E-state index in [9.17, 15) is 14.4 Å². The summed E-state index contributed by atoms with van der Waals surface area (Å²) in [5, 5.41) is 3.31. The summed E-state index contributed by atoms with van der Waals surface area (Å²) in [6.45, 7) is 3.28. The molecule has 172 valence electrons. The lowest BCUT2D eigenvalue weighted by Gasteiger charge is -2.41. The molecule has 0 bridgehead atoms. The van der Waals surface area contributed by atoms with Crippen molar-refractivity contribution in [3.63, 3.8) is 0 Å². The maximum atomic E-state index is 13.6. The largest absolute Gasteiger partial charge is 0.465 e. The number of benzene rings is 1. The number of aromatic nitrogens is 1. The molecule has 4 heterocycles. The maximum absolute atomic E-state index is 13.6. The number of anilines is 1. The third kappa shape index (κ3) is 3.43. The van der Waals surface area contributed by atoms with Gasteiger partial charge < -0.3 is 14.1 Å². The topological polar surface area (TPSA) is 114 Å². The van der Waals surface area contributed by atoms with Crippen molar-refractivity contribution in [1.29, 1.82) is 0 Å². The first-order valence-electron chi connectivity index (χ1n) is 10.5. The summed E-state index contributed by atoms with van der Waals surface area (Å²) in [5.41, 5.74) is 0.0228. The quantitative estimate of drug-likeness (QED) is 0.565. The molecule has 1 unspecified atom stereocenters. The third-order valence-corrected chi connectivity index (χ3v) is 6.86. The van der Waals surface area contributed by atoms with Crippen LogP contribution in [-0.4, -0.2) is 46.2 Å². The number of carbonyl (C=O) groups excluding carboxylic acids is 3. The Morgan fingerprint density at radius 2 is 2.06 bits per heavy atom. The van der Waals surface area contributed by atoms with Gasteiger partial charge in [-0.3, -0.25) is 14.9 Å². The molecular formula is C24H20N4O5S. The Kier molecular flexibility index (Phi) is 5.17. The van der Waals surface area contributed by atoms with Gasteiger partial charge in [0.1, 0.15) is 27.7 Å². The Hall–Kier alpha value is -4.05. The minimum absolute atomic E-state index is 0.0659. The van der Waals surface area contributed by atoms with Crippen molar-refractivity contribution in [2.24, 2.45) is 4.99 Å². The fraction of sp³-hybridized carbons (Fsp3) is 0.208. The minimum atomic E-state index is -1.26. The Morgan fingerprint density at radius 1 is 1.26 bits per heavy atom. The number of amidine groups is 1. The number of rotatable bonds is 4. The molecule has 0 radical (unpaired) electrons. The number of nitrogens with one attached hydrogen (secondary N) is 1. The summed E-state index contributed by atoms with van der Waals surface area (Å²) in [4.78, 5) is 48.9. The number of fused-ring (bicyclic) bond motifs is 2. The van der Waals surface area contributed by atoms with E-state index in [1.165, 1.54) is 18.4 Å². The Bertz CT molecular complexity index is 1410. The van der Waals surface area contributed by atoms with Crippen molar-refractivity contribution < 1.29 is 23.5 Å². The lowest BCUT2D eigenvalue weighted by atomic mass is 9.91. The van der Waals surface area contributed by atoms with E-state index in [0.717, 1.165) is 10.2 Å². The van der Waals surface area contributed by atoms with Crippen LogP contribution in [0.4, 0.5) is 5.88 Å². The summed E-state index contributed by atoms with van der Waals surface area (Å²) in [5.74, 6) is -0.760. The van der Waals surface area contributed by atoms with Crippen LogP contribution in [0.15, 0.2) is 58.1 Å². The average Bonchev–Trinajstić information content (AvgIpc) is 3.38. The Labute approximate surface area is 198 Å². The van der Waals surface area contributed by atoms with Crippen LogP contribution in [0, 0.1) is 6.92 Å². The molecule has 34 heavy (non-hydrogen) atoms. The highest BCUT2D eigenvalue weighted by Gasteiger charge is 2.46. The summed E-state index contributed by atoms with van der Waals surface area (Å²) < 4.78 is 11.7. The molecule has 5 rings (SSSR count). The molecule has 3 aromatic rings. The van der Waals surface area contributed by atoms with Crippen LogP contribution >= 0.6 is 11.3 Å². The van der Waals surface area contributed by atoms with E-state index in [1.54, 1.807) is 43.2 Å². The predicted molar refractivity (Wildman–Crippen MR) is 128 cm³/mol. The van der Waals surface area contributed by atoms with E-state index >= 15 is 0 Å². The number of para-hydroxylation sites is 1. The SMILES string of the molecule is COC(=O)c1c(C)oc(NC(=O)C2(C)CC(=O)N=C3C=CC=CN32)c1-c1nc2ccccc2s1. The number of aryl methyl sites for hydroxylation is 1. The van der Waals surface area contributed by atoms with Gasteiger partial charge in [-0.05, 0) is 38.1 Å². The molecule has 2 aliphatic rings. The molecule has 1 atom stereocenters. The smallest absolute Gasteiger partial charge is 0.342 e. The molecule has 1 aromatic carbocycles. The summed E-state index contributed by atoms with van der Waals surface area (Å²) in [6.07, 6.45) is 6.75. The van der Waals surface area contributed by atoms with Gasteiger partial charge in [-0.2, -0.15) is 4.99 Å². The van der Waals surface area contributed by atoms with Crippen LogP contribution in [0.3, 0.4) is 0 Å². The third-order valence-electron chi connectivity index (χ3n) is 5.80. The minimum Gasteiger partial charge on any atom is -0.465 e. The molecule has 9 nitrogen and oxygen atoms in total. The molecule has 0 fully saturated rings. The highest BCUT2D eigenvalue weighted by molar-refractivity contribution is 7.21. The van der Waals surface area contributed by atoms with Gasteiger partial charge in [0, 0.05) is 6.20 Å². The first kappa shape index (κ1) is 21.8. The number of hydrogen-bond acceptors (Lipinski definition) is 8. The molecule has 0 spiro atoms. The number of aliphatic imine (C=N–C) groups is 1. The van der Waals surface area contributed by atoms with Crippen LogP contribution in [0.25, 0.3) is 20.8 Å². The van der Waals surface area contributed by atoms with Crippen LogP contribution < -0.4 is 5.32 Å². The first-order valence-corrected chi connectivity index (χ1v) is 11.3. The van der Waals surface area contributed by atoms with Gasteiger partial charge in [0.25, 0.3) is 11.8 Å².